The number of aromatic nitrogens is 3. The van der Waals surface area contributed by atoms with Crippen molar-refractivity contribution in [1.29, 1.82) is 0 Å². The molecule has 2 aromatic heterocycles. The lowest BCUT2D eigenvalue weighted by atomic mass is 10.2. The summed E-state index contributed by atoms with van der Waals surface area (Å²) in [6.45, 7) is 5.40. The molecule has 3 aromatic rings. The fourth-order valence-corrected chi connectivity index (χ4v) is 3.62. The summed E-state index contributed by atoms with van der Waals surface area (Å²) in [6.07, 6.45) is 1.84. The van der Waals surface area contributed by atoms with Crippen LogP contribution in [0.2, 0.25) is 0 Å². The van der Waals surface area contributed by atoms with Crippen LogP contribution >= 0.6 is 15.9 Å². The fraction of sp³-hybridized carbons (Fsp3) is 0.381. The van der Waals surface area contributed by atoms with E-state index in [1.54, 1.807) is 4.68 Å². The number of amides is 1. The second-order valence-electron chi connectivity index (χ2n) is 7.54. The van der Waals surface area contributed by atoms with Crippen molar-refractivity contribution in [3.63, 3.8) is 0 Å². The zero-order valence-electron chi connectivity index (χ0n) is 16.9. The third kappa shape index (κ3) is 5.56. The lowest BCUT2D eigenvalue weighted by Gasteiger charge is -2.31. The number of piperazine rings is 1. The summed E-state index contributed by atoms with van der Waals surface area (Å²) in [5.74, 6) is 1.35. The van der Waals surface area contributed by atoms with E-state index in [1.807, 2.05) is 42.6 Å². The van der Waals surface area contributed by atoms with E-state index in [9.17, 15) is 4.79 Å². The number of hydrogen-bond donors (Lipinski definition) is 1. The van der Waals surface area contributed by atoms with Crippen LogP contribution in [0.1, 0.15) is 11.5 Å². The Hall–Kier alpha value is -2.49. The first-order chi connectivity index (χ1) is 14.5. The van der Waals surface area contributed by atoms with Crippen molar-refractivity contribution in [2.75, 3.05) is 33.2 Å². The number of hydrogen-bond acceptors (Lipinski definition) is 6. The van der Waals surface area contributed by atoms with Crippen LogP contribution in [0.15, 0.2) is 51.5 Å². The van der Waals surface area contributed by atoms with Gasteiger partial charge in [0.15, 0.2) is 0 Å². The summed E-state index contributed by atoms with van der Waals surface area (Å²) < 4.78 is 8.43. The zero-order valence-corrected chi connectivity index (χ0v) is 18.5. The number of carbonyl (C=O) groups is 1. The molecule has 1 saturated heterocycles. The number of nitrogens with one attached hydrogen (secondary N) is 1. The highest BCUT2D eigenvalue weighted by atomic mass is 79.9. The molecule has 1 aromatic carbocycles. The Labute approximate surface area is 184 Å². The molecule has 0 unspecified atom stereocenters. The van der Waals surface area contributed by atoms with Gasteiger partial charge in [-0.3, -0.25) is 9.69 Å². The van der Waals surface area contributed by atoms with Crippen LogP contribution in [-0.2, 0) is 24.4 Å². The minimum absolute atomic E-state index is 0.132. The van der Waals surface area contributed by atoms with Gasteiger partial charge >= 0.3 is 0 Å². The van der Waals surface area contributed by atoms with Crippen LogP contribution in [0.4, 0.5) is 0 Å². The topological polar surface area (TPSA) is 79.4 Å². The molecule has 158 valence electrons. The number of halogens is 1. The molecule has 0 radical (unpaired) electrons. The average Bonchev–Trinajstić information content (AvgIpc) is 3.38. The highest BCUT2D eigenvalue weighted by molar-refractivity contribution is 9.10. The van der Waals surface area contributed by atoms with E-state index in [4.69, 9.17) is 4.42 Å². The standard InChI is InChI=1S/C21H25BrN6O2/c1-26-8-10-27(11-9-26)13-18-14-28(25-24-18)15-21(29)23-12-19-6-7-20(30-19)16-2-4-17(22)5-3-16/h2-7,14H,8-13,15H2,1H3,(H,23,29). The molecule has 9 heteroatoms. The van der Waals surface area contributed by atoms with Crippen LogP contribution in [0.3, 0.4) is 0 Å². The second-order valence-corrected chi connectivity index (χ2v) is 8.45. The summed E-state index contributed by atoms with van der Waals surface area (Å²) in [5.41, 5.74) is 1.88. The summed E-state index contributed by atoms with van der Waals surface area (Å²) in [4.78, 5) is 16.9. The highest BCUT2D eigenvalue weighted by Crippen LogP contribution is 2.23. The molecule has 1 fully saturated rings. The third-order valence-electron chi connectivity index (χ3n) is 5.12. The van der Waals surface area contributed by atoms with Crippen molar-refractivity contribution >= 4 is 21.8 Å². The first-order valence-corrected chi connectivity index (χ1v) is 10.8. The summed E-state index contributed by atoms with van der Waals surface area (Å²) in [5, 5.41) is 11.2. The molecule has 0 bridgehead atoms. The van der Waals surface area contributed by atoms with Crippen molar-refractivity contribution in [2.45, 2.75) is 19.6 Å². The molecule has 0 aliphatic carbocycles. The Bertz CT molecular complexity index is 976. The van der Waals surface area contributed by atoms with E-state index < -0.39 is 0 Å². The van der Waals surface area contributed by atoms with Gasteiger partial charge in [0, 0.05) is 42.8 Å². The number of benzene rings is 1. The van der Waals surface area contributed by atoms with E-state index in [1.165, 1.54) is 0 Å². The zero-order chi connectivity index (χ0) is 20.9. The van der Waals surface area contributed by atoms with Crippen LogP contribution in [0.25, 0.3) is 11.3 Å². The number of nitrogens with zero attached hydrogens (tertiary/aromatic N) is 5. The van der Waals surface area contributed by atoms with Gasteiger partial charge in [0.25, 0.3) is 0 Å². The average molecular weight is 473 g/mol. The molecule has 8 nitrogen and oxygen atoms in total. The van der Waals surface area contributed by atoms with Crippen molar-refractivity contribution in [3.05, 3.63) is 58.5 Å². The van der Waals surface area contributed by atoms with Crippen LogP contribution in [0.5, 0.6) is 0 Å². The SMILES string of the molecule is CN1CCN(Cc2cn(CC(=O)NCc3ccc(-c4ccc(Br)cc4)o3)nn2)CC1. The normalized spacial score (nSPS) is 15.4. The summed E-state index contributed by atoms with van der Waals surface area (Å²) >= 11 is 3.43. The van der Waals surface area contributed by atoms with E-state index in [2.05, 4.69) is 48.4 Å². The van der Waals surface area contributed by atoms with Gasteiger partial charge in [-0.25, -0.2) is 4.68 Å². The number of carbonyl (C=O) groups excluding carboxylic acids is 1. The first-order valence-electron chi connectivity index (χ1n) is 9.96. The Morgan fingerprint density at radius 3 is 2.67 bits per heavy atom. The second kappa shape index (κ2) is 9.55. The Kier molecular flexibility index (Phi) is 6.61. The summed E-state index contributed by atoms with van der Waals surface area (Å²) in [7, 11) is 2.14. The molecule has 1 N–H and O–H groups in total. The van der Waals surface area contributed by atoms with Gasteiger partial charge in [0.2, 0.25) is 5.91 Å². The maximum atomic E-state index is 12.3. The number of likely N-dealkylation sites (N-methyl/N-ethyl adjacent to an activating group) is 1. The van der Waals surface area contributed by atoms with Gasteiger partial charge in [-0.15, -0.1) is 5.10 Å². The van der Waals surface area contributed by atoms with Gasteiger partial charge in [-0.2, -0.15) is 0 Å². The van der Waals surface area contributed by atoms with Crippen LogP contribution in [-0.4, -0.2) is 63.9 Å². The molecule has 1 aliphatic rings. The van der Waals surface area contributed by atoms with Gasteiger partial charge < -0.3 is 14.6 Å². The molecule has 0 saturated carbocycles. The molecule has 4 rings (SSSR count). The summed E-state index contributed by atoms with van der Waals surface area (Å²) in [6, 6.07) is 11.7. The Balaban J connectivity index is 1.24. The number of furan rings is 1. The highest BCUT2D eigenvalue weighted by Gasteiger charge is 2.16. The predicted octanol–water partition coefficient (Wildman–Crippen LogP) is 2.36. The molecule has 1 aliphatic heterocycles. The minimum Gasteiger partial charge on any atom is -0.459 e. The predicted molar refractivity (Wildman–Crippen MR) is 116 cm³/mol. The monoisotopic (exact) mass is 472 g/mol. The molecular weight excluding hydrogens is 448 g/mol. The van der Waals surface area contributed by atoms with Crippen molar-refractivity contribution < 1.29 is 9.21 Å². The molecule has 0 atom stereocenters. The maximum Gasteiger partial charge on any atom is 0.242 e. The fourth-order valence-electron chi connectivity index (χ4n) is 3.35. The lowest BCUT2D eigenvalue weighted by molar-refractivity contribution is -0.122. The van der Waals surface area contributed by atoms with Crippen molar-refractivity contribution in [2.24, 2.45) is 0 Å². The molecule has 3 heterocycles. The number of rotatable bonds is 7. The Morgan fingerprint density at radius 1 is 1.13 bits per heavy atom. The van der Waals surface area contributed by atoms with Crippen molar-refractivity contribution in [3.8, 4) is 11.3 Å². The van der Waals surface area contributed by atoms with Crippen LogP contribution in [0, 0.1) is 0 Å². The Morgan fingerprint density at radius 2 is 1.90 bits per heavy atom. The van der Waals surface area contributed by atoms with Gasteiger partial charge in [0.1, 0.15) is 18.1 Å². The lowest BCUT2D eigenvalue weighted by Crippen LogP contribution is -2.43. The van der Waals surface area contributed by atoms with Gasteiger partial charge in [-0.1, -0.05) is 33.3 Å². The van der Waals surface area contributed by atoms with Gasteiger partial charge in [-0.05, 0) is 31.3 Å². The van der Waals surface area contributed by atoms with E-state index in [0.29, 0.717) is 12.3 Å². The quantitative estimate of drug-likeness (QED) is 0.568. The van der Waals surface area contributed by atoms with Gasteiger partial charge in [0.05, 0.1) is 18.4 Å². The smallest absolute Gasteiger partial charge is 0.242 e. The van der Waals surface area contributed by atoms with E-state index in [-0.39, 0.29) is 12.5 Å². The first kappa shape index (κ1) is 20.8. The molecule has 0 spiro atoms. The minimum atomic E-state index is -0.132. The van der Waals surface area contributed by atoms with Crippen molar-refractivity contribution in [1.82, 2.24) is 30.1 Å². The van der Waals surface area contributed by atoms with Crippen LogP contribution < -0.4 is 5.32 Å². The van der Waals surface area contributed by atoms with E-state index >= 15 is 0 Å². The molecule has 1 amide bonds. The molecule has 30 heavy (non-hydrogen) atoms. The third-order valence-corrected chi connectivity index (χ3v) is 5.65. The maximum absolute atomic E-state index is 12.3. The molecular formula is C21H25BrN6O2. The largest absolute Gasteiger partial charge is 0.459 e. The van der Waals surface area contributed by atoms with E-state index in [0.717, 1.165) is 54.2 Å².